The lowest BCUT2D eigenvalue weighted by atomic mass is 10.2. The number of aromatic nitrogens is 5. The van der Waals surface area contributed by atoms with Crippen molar-refractivity contribution in [2.75, 3.05) is 11.5 Å². The Kier molecular flexibility index (Phi) is 6.44. The van der Waals surface area contributed by atoms with E-state index in [0.717, 1.165) is 72.0 Å². The van der Waals surface area contributed by atoms with Gasteiger partial charge in [0.15, 0.2) is 11.0 Å². The second-order valence-corrected chi connectivity index (χ2v) is 7.46. The lowest BCUT2D eigenvalue weighted by molar-refractivity contribution is 0.605. The van der Waals surface area contributed by atoms with Gasteiger partial charge in [-0.3, -0.25) is 0 Å². The molecule has 0 bridgehead atoms. The molecule has 0 aliphatic rings. The van der Waals surface area contributed by atoms with Crippen LogP contribution in [0.2, 0.25) is 0 Å². The maximum absolute atomic E-state index is 6.07. The van der Waals surface area contributed by atoms with Crippen molar-refractivity contribution < 1.29 is 0 Å². The van der Waals surface area contributed by atoms with Crippen LogP contribution in [0.25, 0.3) is 11.0 Å². The van der Waals surface area contributed by atoms with Gasteiger partial charge >= 0.3 is 0 Å². The number of pyridine rings is 1. The van der Waals surface area contributed by atoms with Crippen LogP contribution in [-0.4, -0.2) is 30.3 Å². The summed E-state index contributed by atoms with van der Waals surface area (Å²) in [5.41, 5.74) is 9.20. The summed E-state index contributed by atoms with van der Waals surface area (Å²) < 4.78 is 2.35. The maximum atomic E-state index is 6.07. The van der Waals surface area contributed by atoms with E-state index in [4.69, 9.17) is 10.7 Å². The van der Waals surface area contributed by atoms with E-state index in [1.165, 1.54) is 0 Å². The molecule has 138 valence electrons. The third-order valence-corrected chi connectivity index (χ3v) is 5.33. The Labute approximate surface area is 158 Å². The van der Waals surface area contributed by atoms with Crippen molar-refractivity contribution in [1.29, 1.82) is 0 Å². The van der Waals surface area contributed by atoms with Gasteiger partial charge in [-0.2, -0.15) is 0 Å². The minimum Gasteiger partial charge on any atom is -0.382 e. The van der Waals surface area contributed by atoms with Crippen molar-refractivity contribution in [2.45, 2.75) is 57.7 Å². The van der Waals surface area contributed by atoms with Gasteiger partial charge in [-0.25, -0.2) is 19.9 Å². The van der Waals surface area contributed by atoms with E-state index in [1.807, 2.05) is 12.3 Å². The molecule has 7 heteroatoms. The number of nitrogens with zero attached hydrogens (tertiary/aromatic N) is 5. The summed E-state index contributed by atoms with van der Waals surface area (Å²) in [5, 5.41) is 0.846. The van der Waals surface area contributed by atoms with Crippen molar-refractivity contribution in [3.8, 4) is 0 Å². The van der Waals surface area contributed by atoms with Crippen LogP contribution in [0.3, 0.4) is 0 Å². The first-order chi connectivity index (χ1) is 12.7. The smallest absolute Gasteiger partial charge is 0.187 e. The van der Waals surface area contributed by atoms with Crippen LogP contribution < -0.4 is 5.73 Å². The van der Waals surface area contributed by atoms with Crippen LogP contribution in [0.5, 0.6) is 0 Å². The molecular weight excluding hydrogens is 344 g/mol. The molecule has 3 aromatic rings. The first-order valence-electron chi connectivity index (χ1n) is 9.20. The Bertz CT molecular complexity index is 846. The molecule has 0 aliphatic carbocycles. The Balaban J connectivity index is 1.68. The van der Waals surface area contributed by atoms with Crippen molar-refractivity contribution in [2.24, 2.45) is 0 Å². The number of nitrogen functional groups attached to an aromatic ring is 1. The average Bonchev–Trinajstić information content (AvgIpc) is 3.03. The molecule has 0 saturated carbocycles. The number of imidazole rings is 1. The lowest BCUT2D eigenvalue weighted by Crippen LogP contribution is -2.06. The second kappa shape index (κ2) is 8.98. The highest BCUT2D eigenvalue weighted by molar-refractivity contribution is 7.99. The van der Waals surface area contributed by atoms with Crippen LogP contribution in [0, 0.1) is 6.92 Å². The molecule has 0 fully saturated rings. The molecule has 0 atom stereocenters. The Morgan fingerprint density at radius 2 is 1.92 bits per heavy atom. The monoisotopic (exact) mass is 370 g/mol. The molecule has 2 N–H and O–H groups in total. The van der Waals surface area contributed by atoms with Crippen LogP contribution in [0.4, 0.5) is 5.82 Å². The number of hydrogen-bond acceptors (Lipinski definition) is 6. The topological polar surface area (TPSA) is 82.5 Å². The van der Waals surface area contributed by atoms with Crippen molar-refractivity contribution in [3.05, 3.63) is 36.0 Å². The number of nitrogens with two attached hydrogens (primary N) is 1. The third-order valence-electron chi connectivity index (χ3n) is 4.36. The van der Waals surface area contributed by atoms with Gasteiger partial charge in [-0.15, -0.1) is 0 Å². The van der Waals surface area contributed by atoms with Gasteiger partial charge in [0.25, 0.3) is 0 Å². The standard InChI is InChI=1S/C19H26N6S/c1-3-4-8-15-24-16-17(14(2)13-23-18(16)20)25(15)11-5-6-12-26-19-21-9-7-10-22-19/h7,9-10,13H,3-6,8,11-12H2,1-2H3,(H2,20,23). The first-order valence-corrected chi connectivity index (χ1v) is 10.2. The highest BCUT2D eigenvalue weighted by atomic mass is 32.2. The predicted molar refractivity (Wildman–Crippen MR) is 107 cm³/mol. The lowest BCUT2D eigenvalue weighted by Gasteiger charge is -2.10. The van der Waals surface area contributed by atoms with Crippen molar-refractivity contribution in [3.63, 3.8) is 0 Å². The van der Waals surface area contributed by atoms with Crippen LogP contribution in [0.15, 0.2) is 29.8 Å². The summed E-state index contributed by atoms with van der Waals surface area (Å²) >= 11 is 1.71. The average molecular weight is 371 g/mol. The van der Waals surface area contributed by atoms with E-state index < -0.39 is 0 Å². The number of rotatable bonds is 9. The summed E-state index contributed by atoms with van der Waals surface area (Å²) in [4.78, 5) is 17.6. The molecule has 0 amide bonds. The quantitative estimate of drug-likeness (QED) is 0.348. The van der Waals surface area contributed by atoms with Gasteiger partial charge in [-0.05, 0) is 37.8 Å². The third kappa shape index (κ3) is 4.33. The zero-order chi connectivity index (χ0) is 18.4. The van der Waals surface area contributed by atoms with Gasteiger partial charge in [0.1, 0.15) is 11.3 Å². The minimum atomic E-state index is 0.527. The first kappa shape index (κ1) is 18.6. The van der Waals surface area contributed by atoms with E-state index in [0.29, 0.717) is 5.82 Å². The molecule has 0 unspecified atom stereocenters. The van der Waals surface area contributed by atoms with E-state index in [1.54, 1.807) is 24.2 Å². The van der Waals surface area contributed by atoms with Crippen molar-refractivity contribution >= 4 is 28.6 Å². The number of anilines is 1. The van der Waals surface area contributed by atoms with Crippen molar-refractivity contribution in [1.82, 2.24) is 24.5 Å². The number of fused-ring (bicyclic) bond motifs is 1. The largest absolute Gasteiger partial charge is 0.382 e. The molecule has 0 aromatic carbocycles. The summed E-state index contributed by atoms with van der Waals surface area (Å²) in [6, 6.07) is 1.84. The van der Waals surface area contributed by atoms with Gasteiger partial charge in [0.2, 0.25) is 0 Å². The fraction of sp³-hybridized carbons (Fsp3) is 0.474. The van der Waals surface area contributed by atoms with Crippen LogP contribution in [0.1, 0.15) is 44.0 Å². The Hall–Kier alpha value is -2.15. The van der Waals surface area contributed by atoms with Gasteiger partial charge in [-0.1, -0.05) is 25.1 Å². The van der Waals surface area contributed by atoms with Crippen LogP contribution >= 0.6 is 11.8 Å². The molecule has 0 radical (unpaired) electrons. The van der Waals surface area contributed by atoms with E-state index >= 15 is 0 Å². The minimum absolute atomic E-state index is 0.527. The highest BCUT2D eigenvalue weighted by Crippen LogP contribution is 2.25. The normalized spacial score (nSPS) is 11.3. The second-order valence-electron chi connectivity index (χ2n) is 6.39. The van der Waals surface area contributed by atoms with E-state index in [2.05, 4.69) is 33.4 Å². The number of aryl methyl sites for hydroxylation is 3. The molecule has 0 saturated heterocycles. The van der Waals surface area contributed by atoms with Crippen LogP contribution in [-0.2, 0) is 13.0 Å². The molecule has 6 nitrogen and oxygen atoms in total. The summed E-state index contributed by atoms with van der Waals surface area (Å²) in [6.07, 6.45) is 10.9. The maximum Gasteiger partial charge on any atom is 0.187 e. The number of unbranched alkanes of at least 4 members (excludes halogenated alkanes) is 2. The number of thioether (sulfide) groups is 1. The van der Waals surface area contributed by atoms with E-state index in [-0.39, 0.29) is 0 Å². The molecule has 3 heterocycles. The Morgan fingerprint density at radius 1 is 1.12 bits per heavy atom. The fourth-order valence-electron chi connectivity index (χ4n) is 3.03. The molecule has 3 aromatic heterocycles. The molecule has 0 aliphatic heterocycles. The summed E-state index contributed by atoms with van der Waals surface area (Å²) in [7, 11) is 0. The number of hydrogen-bond donors (Lipinski definition) is 1. The zero-order valence-electron chi connectivity index (χ0n) is 15.5. The summed E-state index contributed by atoms with van der Waals surface area (Å²) in [5.74, 6) is 2.67. The van der Waals surface area contributed by atoms with Gasteiger partial charge < -0.3 is 10.3 Å². The van der Waals surface area contributed by atoms with Gasteiger partial charge in [0, 0.05) is 37.3 Å². The summed E-state index contributed by atoms with van der Waals surface area (Å²) in [6.45, 7) is 5.24. The van der Waals surface area contributed by atoms with E-state index in [9.17, 15) is 0 Å². The molecular formula is C19H26N6S. The highest BCUT2D eigenvalue weighted by Gasteiger charge is 2.15. The zero-order valence-corrected chi connectivity index (χ0v) is 16.3. The van der Waals surface area contributed by atoms with Gasteiger partial charge in [0.05, 0.1) is 5.52 Å². The fourth-order valence-corrected chi connectivity index (χ4v) is 3.83. The Morgan fingerprint density at radius 3 is 2.69 bits per heavy atom. The molecule has 3 rings (SSSR count). The molecule has 26 heavy (non-hydrogen) atoms. The SMILES string of the molecule is CCCCc1nc2c(N)ncc(C)c2n1CCCCSc1ncccn1. The predicted octanol–water partition coefficient (Wildman–Crippen LogP) is 4.03. The molecule has 0 spiro atoms.